The van der Waals surface area contributed by atoms with Gasteiger partial charge in [0.15, 0.2) is 5.96 Å². The molecule has 1 aromatic heterocycles. The largest absolute Gasteiger partial charge is 0.478 e. The highest BCUT2D eigenvalue weighted by atomic mass is 127. The van der Waals surface area contributed by atoms with Crippen LogP contribution in [-0.2, 0) is 11.3 Å². The van der Waals surface area contributed by atoms with Gasteiger partial charge in [-0.15, -0.1) is 24.0 Å². The Balaban J connectivity index is 0.00000484. The highest BCUT2D eigenvalue weighted by Gasteiger charge is 2.16. The normalized spacial score (nSPS) is 11.6. The zero-order valence-electron chi connectivity index (χ0n) is 14.7. The van der Waals surface area contributed by atoms with Gasteiger partial charge in [-0.1, -0.05) is 6.07 Å². The number of methoxy groups -OCH3 is 1. The van der Waals surface area contributed by atoms with E-state index < -0.39 is 0 Å². The third kappa shape index (κ3) is 8.36. The molecular weight excluding hydrogens is 407 g/mol. The molecule has 0 bridgehead atoms. The maximum atomic E-state index is 5.52. The second-order valence-corrected chi connectivity index (χ2v) is 5.41. The number of hydrogen-bond acceptors (Lipinski definition) is 4. The van der Waals surface area contributed by atoms with Crippen LogP contribution in [0, 0.1) is 0 Å². The van der Waals surface area contributed by atoms with Gasteiger partial charge in [0.1, 0.15) is 0 Å². The van der Waals surface area contributed by atoms with Gasteiger partial charge in [-0.05, 0) is 33.8 Å². The molecule has 132 valence electrons. The summed E-state index contributed by atoms with van der Waals surface area (Å²) in [5, 5.41) is 6.51. The first-order chi connectivity index (χ1) is 10.5. The minimum absolute atomic E-state index is 0. The summed E-state index contributed by atoms with van der Waals surface area (Å²) in [6.07, 6.45) is 1.72. The molecule has 0 amide bonds. The van der Waals surface area contributed by atoms with Gasteiger partial charge in [0, 0.05) is 32.0 Å². The van der Waals surface area contributed by atoms with Crippen molar-refractivity contribution in [2.45, 2.75) is 39.8 Å². The van der Waals surface area contributed by atoms with Crippen LogP contribution in [0.2, 0.25) is 0 Å². The molecule has 23 heavy (non-hydrogen) atoms. The van der Waals surface area contributed by atoms with Gasteiger partial charge in [0.25, 0.3) is 0 Å². The molecule has 6 nitrogen and oxygen atoms in total. The van der Waals surface area contributed by atoms with Crippen molar-refractivity contribution in [2.24, 2.45) is 4.99 Å². The number of ether oxygens (including phenoxy) is 2. The fourth-order valence-electron chi connectivity index (χ4n) is 1.69. The molecule has 2 N–H and O–H groups in total. The number of halogens is 1. The van der Waals surface area contributed by atoms with Crippen LogP contribution in [0.5, 0.6) is 5.88 Å². The molecule has 1 aromatic rings. The van der Waals surface area contributed by atoms with Gasteiger partial charge in [0.2, 0.25) is 5.88 Å². The fourth-order valence-corrected chi connectivity index (χ4v) is 1.69. The minimum Gasteiger partial charge on any atom is -0.478 e. The maximum Gasteiger partial charge on any atom is 0.218 e. The molecule has 1 rings (SSSR count). The number of aromatic nitrogens is 1. The number of nitrogens with one attached hydrogen (secondary N) is 2. The average molecular weight is 436 g/mol. The van der Waals surface area contributed by atoms with Crippen molar-refractivity contribution in [1.82, 2.24) is 15.6 Å². The van der Waals surface area contributed by atoms with E-state index in [1.54, 1.807) is 13.3 Å². The molecule has 0 aliphatic heterocycles. The summed E-state index contributed by atoms with van der Waals surface area (Å²) in [5.74, 6) is 1.39. The predicted octanol–water partition coefficient (Wildman–Crippen LogP) is 2.58. The Kier molecular flexibility index (Phi) is 10.9. The standard InChI is InChI=1S/C16H28N4O2.HI/c1-6-17-15(20-12-16(3,4)21-5)19-11-13-9-8-10-18-14(13)22-7-2;/h8-10H,6-7,11-12H2,1-5H3,(H2,17,19,20);1H. The average Bonchev–Trinajstić information content (AvgIpc) is 2.52. The predicted molar refractivity (Wildman–Crippen MR) is 105 cm³/mol. The van der Waals surface area contributed by atoms with Crippen molar-refractivity contribution in [3.05, 3.63) is 23.9 Å². The summed E-state index contributed by atoms with van der Waals surface area (Å²) in [7, 11) is 1.70. The summed E-state index contributed by atoms with van der Waals surface area (Å²) < 4.78 is 10.9. The van der Waals surface area contributed by atoms with E-state index in [1.807, 2.05) is 39.8 Å². The van der Waals surface area contributed by atoms with Crippen LogP contribution >= 0.6 is 24.0 Å². The number of pyridine rings is 1. The fraction of sp³-hybridized carbons (Fsp3) is 0.625. The van der Waals surface area contributed by atoms with Crippen LogP contribution < -0.4 is 15.4 Å². The Morgan fingerprint density at radius 3 is 2.65 bits per heavy atom. The van der Waals surface area contributed by atoms with Crippen LogP contribution in [-0.4, -0.2) is 43.4 Å². The maximum absolute atomic E-state index is 5.52. The highest BCUT2D eigenvalue weighted by Crippen LogP contribution is 2.15. The Morgan fingerprint density at radius 1 is 1.30 bits per heavy atom. The Bertz CT molecular complexity index is 481. The van der Waals surface area contributed by atoms with Crippen LogP contribution in [0.25, 0.3) is 0 Å². The minimum atomic E-state index is -0.249. The molecule has 0 fully saturated rings. The van der Waals surface area contributed by atoms with E-state index in [9.17, 15) is 0 Å². The second-order valence-electron chi connectivity index (χ2n) is 5.41. The summed E-state index contributed by atoms with van der Waals surface area (Å²) in [4.78, 5) is 8.82. The molecule has 0 aliphatic rings. The molecule has 7 heteroatoms. The molecular formula is C16H29IN4O2. The van der Waals surface area contributed by atoms with Crippen LogP contribution in [0.15, 0.2) is 23.3 Å². The van der Waals surface area contributed by atoms with Gasteiger partial charge in [-0.2, -0.15) is 0 Å². The lowest BCUT2D eigenvalue weighted by molar-refractivity contribution is 0.0268. The van der Waals surface area contributed by atoms with Gasteiger partial charge >= 0.3 is 0 Å². The third-order valence-corrected chi connectivity index (χ3v) is 3.12. The SMILES string of the molecule is CCNC(=NCc1cccnc1OCC)NCC(C)(C)OC.I. The first-order valence-corrected chi connectivity index (χ1v) is 7.66. The van der Waals surface area contributed by atoms with E-state index >= 15 is 0 Å². The summed E-state index contributed by atoms with van der Waals surface area (Å²) >= 11 is 0. The van der Waals surface area contributed by atoms with Crippen molar-refractivity contribution in [2.75, 3.05) is 26.8 Å². The number of nitrogens with zero attached hydrogens (tertiary/aromatic N) is 2. The van der Waals surface area contributed by atoms with Crippen LogP contribution in [0.3, 0.4) is 0 Å². The number of hydrogen-bond donors (Lipinski definition) is 2. The summed E-state index contributed by atoms with van der Waals surface area (Å²) in [6.45, 7) is 10.6. The number of guanidine groups is 1. The smallest absolute Gasteiger partial charge is 0.218 e. The van der Waals surface area contributed by atoms with Crippen LogP contribution in [0.4, 0.5) is 0 Å². The van der Waals surface area contributed by atoms with E-state index in [0.717, 1.165) is 18.1 Å². The van der Waals surface area contributed by atoms with E-state index in [2.05, 4.69) is 20.6 Å². The van der Waals surface area contributed by atoms with Gasteiger partial charge in [-0.25, -0.2) is 9.98 Å². The summed E-state index contributed by atoms with van der Waals surface area (Å²) in [6, 6.07) is 3.87. The summed E-state index contributed by atoms with van der Waals surface area (Å²) in [5.41, 5.74) is 0.716. The second kappa shape index (κ2) is 11.4. The lowest BCUT2D eigenvalue weighted by Crippen LogP contribution is -2.45. The van der Waals surface area contributed by atoms with Crippen molar-refractivity contribution >= 4 is 29.9 Å². The molecule has 0 aromatic carbocycles. The third-order valence-electron chi connectivity index (χ3n) is 3.12. The Labute approximate surface area is 156 Å². The molecule has 0 unspecified atom stereocenters. The van der Waals surface area contributed by atoms with Gasteiger partial charge < -0.3 is 20.1 Å². The monoisotopic (exact) mass is 436 g/mol. The van der Waals surface area contributed by atoms with E-state index in [1.165, 1.54) is 0 Å². The van der Waals surface area contributed by atoms with E-state index in [0.29, 0.717) is 25.6 Å². The molecule has 0 radical (unpaired) electrons. The quantitative estimate of drug-likeness (QED) is 0.373. The first kappa shape index (κ1) is 21.9. The number of aliphatic imine (C=N–C) groups is 1. The van der Waals surface area contributed by atoms with Crippen molar-refractivity contribution in [1.29, 1.82) is 0 Å². The molecule has 0 aliphatic carbocycles. The van der Waals surface area contributed by atoms with E-state index in [-0.39, 0.29) is 29.6 Å². The van der Waals surface area contributed by atoms with Gasteiger partial charge in [0.05, 0.1) is 18.8 Å². The lowest BCUT2D eigenvalue weighted by atomic mass is 10.1. The first-order valence-electron chi connectivity index (χ1n) is 7.66. The molecule has 1 heterocycles. The zero-order valence-corrected chi connectivity index (χ0v) is 17.0. The van der Waals surface area contributed by atoms with Crippen molar-refractivity contribution in [3.63, 3.8) is 0 Å². The van der Waals surface area contributed by atoms with Crippen molar-refractivity contribution < 1.29 is 9.47 Å². The molecule has 0 atom stereocenters. The molecule has 0 saturated heterocycles. The molecule has 0 saturated carbocycles. The Morgan fingerprint density at radius 2 is 2.04 bits per heavy atom. The van der Waals surface area contributed by atoms with E-state index in [4.69, 9.17) is 9.47 Å². The topological polar surface area (TPSA) is 67.8 Å². The number of rotatable bonds is 8. The Hall–Kier alpha value is -1.09. The van der Waals surface area contributed by atoms with Crippen molar-refractivity contribution in [3.8, 4) is 5.88 Å². The van der Waals surface area contributed by atoms with Crippen LogP contribution in [0.1, 0.15) is 33.3 Å². The van der Waals surface area contributed by atoms with Gasteiger partial charge in [-0.3, -0.25) is 0 Å². The lowest BCUT2D eigenvalue weighted by Gasteiger charge is -2.24. The molecule has 0 spiro atoms. The highest BCUT2D eigenvalue weighted by molar-refractivity contribution is 14.0. The zero-order chi connectivity index (χ0) is 16.4.